The highest BCUT2D eigenvalue weighted by Crippen LogP contribution is 2.39. The Balaban J connectivity index is 1.69. The quantitative estimate of drug-likeness (QED) is 0.361. The van der Waals surface area contributed by atoms with E-state index in [1.54, 1.807) is 53.4 Å². The van der Waals surface area contributed by atoms with Crippen LogP contribution in [0.25, 0.3) is 39.3 Å². The van der Waals surface area contributed by atoms with E-state index in [1.165, 1.54) is 25.6 Å². The van der Waals surface area contributed by atoms with E-state index in [1.807, 2.05) is 0 Å². The number of imidazole rings is 1. The van der Waals surface area contributed by atoms with E-state index in [4.69, 9.17) is 9.15 Å². The minimum atomic E-state index is -4.78. The summed E-state index contributed by atoms with van der Waals surface area (Å²) in [6, 6.07) is 13.0. The molecule has 0 aliphatic rings. The summed E-state index contributed by atoms with van der Waals surface area (Å²) in [5.74, 6) is 0.328. The third kappa shape index (κ3) is 3.73. The number of benzene rings is 2. The fourth-order valence-electron chi connectivity index (χ4n) is 4.28. The minimum absolute atomic E-state index is 0.0394. The number of methoxy groups -OCH3 is 1. The zero-order valence-corrected chi connectivity index (χ0v) is 19.2. The number of aromatic nitrogens is 6. The van der Waals surface area contributed by atoms with Gasteiger partial charge in [0, 0.05) is 12.4 Å². The highest BCUT2D eigenvalue weighted by molar-refractivity contribution is 5.84. The Kier molecular flexibility index (Phi) is 5.10. The number of alkyl halides is 3. The van der Waals surface area contributed by atoms with Crippen LogP contribution in [0.5, 0.6) is 5.75 Å². The summed E-state index contributed by atoms with van der Waals surface area (Å²) in [6.07, 6.45) is -0.0682. The number of H-pyrrole nitrogens is 1. The largest absolute Gasteiger partial charge is 0.494 e. The summed E-state index contributed by atoms with van der Waals surface area (Å²) < 4.78 is 56.0. The van der Waals surface area contributed by atoms with E-state index < -0.39 is 17.4 Å². The number of nitrogens with one attached hydrogen (secondary N) is 1. The molecule has 2 aromatic carbocycles. The molecule has 186 valence electrons. The molecular weight excluding hydrogens is 489 g/mol. The predicted molar refractivity (Wildman–Crippen MR) is 127 cm³/mol. The number of halogens is 3. The van der Waals surface area contributed by atoms with Gasteiger partial charge in [-0.2, -0.15) is 17.7 Å². The summed E-state index contributed by atoms with van der Waals surface area (Å²) in [7, 11) is 1.47. The molecule has 37 heavy (non-hydrogen) atoms. The van der Waals surface area contributed by atoms with Crippen molar-refractivity contribution in [2.75, 3.05) is 7.11 Å². The van der Waals surface area contributed by atoms with Crippen molar-refractivity contribution in [3.8, 4) is 28.3 Å². The first-order chi connectivity index (χ1) is 17.8. The van der Waals surface area contributed by atoms with E-state index in [2.05, 4.69) is 20.1 Å². The lowest BCUT2D eigenvalue weighted by atomic mass is 10.1. The number of hydrogen-bond donors (Lipinski definition) is 1. The van der Waals surface area contributed by atoms with Crippen molar-refractivity contribution in [1.82, 2.24) is 29.1 Å². The molecule has 0 fully saturated rings. The fraction of sp³-hybridized carbons (Fsp3) is 0.120. The van der Waals surface area contributed by atoms with E-state index in [-0.39, 0.29) is 40.5 Å². The highest BCUT2D eigenvalue weighted by atomic mass is 19.4. The molecule has 0 aliphatic heterocycles. The Morgan fingerprint density at radius 1 is 1.05 bits per heavy atom. The van der Waals surface area contributed by atoms with Crippen molar-refractivity contribution in [3.63, 3.8) is 0 Å². The Hall–Kier alpha value is -4.87. The molecule has 0 bridgehead atoms. The second-order valence-corrected chi connectivity index (χ2v) is 8.18. The first-order valence-electron chi connectivity index (χ1n) is 11.0. The number of oxazole rings is 1. The van der Waals surface area contributed by atoms with Crippen LogP contribution in [-0.2, 0) is 12.7 Å². The zero-order chi connectivity index (χ0) is 25.7. The molecule has 9 nitrogen and oxygen atoms in total. The van der Waals surface area contributed by atoms with Crippen LogP contribution in [0.1, 0.15) is 11.4 Å². The van der Waals surface area contributed by atoms with Gasteiger partial charge in [-0.25, -0.2) is 15.0 Å². The molecule has 1 N–H and O–H groups in total. The molecule has 0 amide bonds. The van der Waals surface area contributed by atoms with Crippen molar-refractivity contribution in [2.24, 2.45) is 0 Å². The van der Waals surface area contributed by atoms with Crippen LogP contribution < -0.4 is 10.3 Å². The van der Waals surface area contributed by atoms with Gasteiger partial charge in [0.15, 0.2) is 16.7 Å². The molecule has 0 atom stereocenters. The molecule has 0 saturated heterocycles. The lowest BCUT2D eigenvalue weighted by molar-refractivity contribution is -0.140. The lowest BCUT2D eigenvalue weighted by Crippen LogP contribution is -2.21. The predicted octanol–water partition coefficient (Wildman–Crippen LogP) is 4.77. The van der Waals surface area contributed by atoms with Gasteiger partial charge in [-0.1, -0.05) is 36.4 Å². The maximum absolute atomic E-state index is 14.1. The Bertz CT molecular complexity index is 1800. The van der Waals surface area contributed by atoms with E-state index in [0.717, 1.165) is 4.52 Å². The number of fused-ring (bicyclic) bond motifs is 2. The molecule has 6 rings (SSSR count). The van der Waals surface area contributed by atoms with E-state index in [9.17, 15) is 18.0 Å². The van der Waals surface area contributed by atoms with Gasteiger partial charge in [0.25, 0.3) is 5.56 Å². The molecule has 0 spiro atoms. The number of aromatic amines is 1. The molecule has 0 radical (unpaired) electrons. The van der Waals surface area contributed by atoms with Gasteiger partial charge in [0.2, 0.25) is 5.89 Å². The molecule has 0 unspecified atom stereocenters. The SMILES string of the molecule is COc1cccc2oc(-c3c(Cn4ccnc4)nc4c(-c5ccccc5)c(C(F)(F)F)[nH]n4c3=O)nc12. The van der Waals surface area contributed by atoms with Gasteiger partial charge < -0.3 is 13.7 Å². The van der Waals surface area contributed by atoms with Crippen molar-refractivity contribution in [2.45, 2.75) is 12.7 Å². The van der Waals surface area contributed by atoms with Crippen molar-refractivity contribution >= 4 is 16.7 Å². The van der Waals surface area contributed by atoms with Gasteiger partial charge >= 0.3 is 6.18 Å². The third-order valence-corrected chi connectivity index (χ3v) is 5.91. The number of nitrogens with zero attached hydrogens (tertiary/aromatic N) is 5. The molecule has 12 heteroatoms. The summed E-state index contributed by atoms with van der Waals surface area (Å²) in [6.45, 7) is 0.0394. The van der Waals surface area contributed by atoms with Gasteiger partial charge in [-0.05, 0) is 17.7 Å². The average molecular weight is 506 g/mol. The first-order valence-corrected chi connectivity index (χ1v) is 11.0. The van der Waals surface area contributed by atoms with Crippen LogP contribution in [0.4, 0.5) is 13.2 Å². The van der Waals surface area contributed by atoms with Gasteiger partial charge in [0.1, 0.15) is 17.0 Å². The number of ether oxygens (including phenoxy) is 1. The second-order valence-electron chi connectivity index (χ2n) is 8.18. The summed E-state index contributed by atoms with van der Waals surface area (Å²) in [4.78, 5) is 26.8. The summed E-state index contributed by atoms with van der Waals surface area (Å²) in [5, 5.41) is 2.23. The Labute approximate surface area is 205 Å². The molecule has 0 aliphatic carbocycles. The van der Waals surface area contributed by atoms with E-state index in [0.29, 0.717) is 16.8 Å². The standard InChI is InChI=1S/C25H17F3N6O3/c1-36-16-8-5-9-17-20(16)31-23(37-17)19-15(12-33-11-10-29-13-33)30-22-18(14-6-3-2-4-7-14)21(25(26,27)28)32-34(22)24(19)35/h2-11,13,32H,12H2,1H3. The Morgan fingerprint density at radius 3 is 2.57 bits per heavy atom. The van der Waals surface area contributed by atoms with Crippen molar-refractivity contribution in [1.29, 1.82) is 0 Å². The normalized spacial score (nSPS) is 12.0. The second kappa shape index (κ2) is 8.36. The topological polar surface area (TPSA) is 103 Å². The van der Waals surface area contributed by atoms with Crippen LogP contribution in [-0.4, -0.2) is 36.2 Å². The average Bonchev–Trinajstić information content (AvgIpc) is 3.62. The third-order valence-electron chi connectivity index (χ3n) is 5.91. The molecule has 4 heterocycles. The molecule has 6 aromatic rings. The maximum atomic E-state index is 14.1. The van der Waals surface area contributed by atoms with Gasteiger partial charge in [-0.3, -0.25) is 9.89 Å². The summed E-state index contributed by atoms with van der Waals surface area (Å²) in [5.41, 5.74) is -1.23. The van der Waals surface area contributed by atoms with Crippen molar-refractivity contribution in [3.05, 3.63) is 89.0 Å². The van der Waals surface area contributed by atoms with Crippen LogP contribution in [0, 0.1) is 0 Å². The van der Waals surface area contributed by atoms with Gasteiger partial charge in [0.05, 0.1) is 31.2 Å². The molecule has 0 saturated carbocycles. The highest BCUT2D eigenvalue weighted by Gasteiger charge is 2.39. The van der Waals surface area contributed by atoms with Gasteiger partial charge in [-0.15, -0.1) is 0 Å². The fourth-order valence-corrected chi connectivity index (χ4v) is 4.28. The number of hydrogen-bond acceptors (Lipinski definition) is 6. The summed E-state index contributed by atoms with van der Waals surface area (Å²) >= 11 is 0. The first kappa shape index (κ1) is 22.6. The van der Waals surface area contributed by atoms with Crippen LogP contribution in [0.15, 0.2) is 76.5 Å². The van der Waals surface area contributed by atoms with Crippen molar-refractivity contribution < 1.29 is 22.3 Å². The smallest absolute Gasteiger partial charge is 0.433 e. The number of para-hydroxylation sites is 1. The van der Waals surface area contributed by atoms with Crippen LogP contribution in [0.2, 0.25) is 0 Å². The molecule has 4 aromatic heterocycles. The zero-order valence-electron chi connectivity index (χ0n) is 19.2. The molecular formula is C25H17F3N6O3. The Morgan fingerprint density at radius 2 is 1.86 bits per heavy atom. The minimum Gasteiger partial charge on any atom is -0.494 e. The van der Waals surface area contributed by atoms with Crippen LogP contribution >= 0.6 is 0 Å². The monoisotopic (exact) mass is 506 g/mol. The maximum Gasteiger partial charge on any atom is 0.433 e. The van der Waals surface area contributed by atoms with E-state index >= 15 is 0 Å². The van der Waals surface area contributed by atoms with Crippen LogP contribution in [0.3, 0.4) is 0 Å². The lowest BCUT2D eigenvalue weighted by Gasteiger charge is -2.09. The number of rotatable bonds is 5.